The van der Waals surface area contributed by atoms with E-state index in [1.165, 1.54) is 6.07 Å². The van der Waals surface area contributed by atoms with Gasteiger partial charge in [-0.05, 0) is 73.1 Å². The van der Waals surface area contributed by atoms with E-state index in [9.17, 15) is 14.4 Å². The molecular formula is C31H40FN3O5. The molecule has 0 unspecified atom stereocenters. The number of hydrogen-bond donors (Lipinski definition) is 2. The molecule has 4 rings (SSSR count). The van der Waals surface area contributed by atoms with E-state index in [4.69, 9.17) is 9.47 Å². The van der Waals surface area contributed by atoms with Crippen LogP contribution in [0.5, 0.6) is 5.75 Å². The molecule has 3 amide bonds. The molecule has 40 heavy (non-hydrogen) atoms. The minimum absolute atomic E-state index is 0.0507. The summed E-state index contributed by atoms with van der Waals surface area (Å²) in [7, 11) is 0. The van der Waals surface area contributed by atoms with Gasteiger partial charge in [0.15, 0.2) is 0 Å². The quantitative estimate of drug-likeness (QED) is 0.423. The molecule has 9 heteroatoms. The number of hydrogen-bond acceptors (Lipinski definition) is 5. The highest BCUT2D eigenvalue weighted by atomic mass is 19.1. The molecule has 2 aliphatic rings. The molecule has 0 aromatic heterocycles. The van der Waals surface area contributed by atoms with Crippen molar-refractivity contribution in [2.75, 3.05) is 39.5 Å². The average Bonchev–Trinajstić information content (AvgIpc) is 3.75. The van der Waals surface area contributed by atoms with Crippen LogP contribution in [-0.2, 0) is 9.53 Å². The van der Waals surface area contributed by atoms with E-state index in [-0.39, 0.29) is 41.3 Å². The van der Waals surface area contributed by atoms with E-state index in [1.54, 1.807) is 36.1 Å². The van der Waals surface area contributed by atoms with Crippen LogP contribution in [0.25, 0.3) is 11.1 Å². The van der Waals surface area contributed by atoms with Crippen LogP contribution in [0.4, 0.5) is 4.39 Å². The number of carbonyl (C=O) groups excluding carboxylic acids is 3. The van der Waals surface area contributed by atoms with Crippen LogP contribution in [0.15, 0.2) is 30.3 Å². The molecule has 1 aliphatic heterocycles. The van der Waals surface area contributed by atoms with E-state index in [2.05, 4.69) is 10.6 Å². The fourth-order valence-corrected chi connectivity index (χ4v) is 4.42. The van der Waals surface area contributed by atoms with Crippen molar-refractivity contribution in [3.63, 3.8) is 0 Å². The summed E-state index contributed by atoms with van der Waals surface area (Å²) in [5.74, 6) is -0.606. The Bertz CT molecular complexity index is 1250. The van der Waals surface area contributed by atoms with Gasteiger partial charge in [0.1, 0.15) is 11.6 Å². The highest BCUT2D eigenvalue weighted by Gasteiger charge is 2.25. The van der Waals surface area contributed by atoms with Crippen LogP contribution in [0.1, 0.15) is 72.7 Å². The van der Waals surface area contributed by atoms with Crippen molar-refractivity contribution >= 4 is 17.7 Å². The lowest BCUT2D eigenvalue weighted by Gasteiger charge is -2.26. The molecule has 2 N–H and O–H groups in total. The molecule has 0 spiro atoms. The fourth-order valence-electron chi connectivity index (χ4n) is 4.42. The summed E-state index contributed by atoms with van der Waals surface area (Å²) in [5.41, 5.74) is 2.02. The molecule has 1 aliphatic carbocycles. The first-order valence-electron chi connectivity index (χ1n) is 14.0. The molecule has 1 heterocycles. The first kappa shape index (κ1) is 29.5. The lowest BCUT2D eigenvalue weighted by atomic mass is 9.95. The monoisotopic (exact) mass is 553 g/mol. The molecule has 2 aromatic rings. The molecule has 0 bridgehead atoms. The van der Waals surface area contributed by atoms with Crippen molar-refractivity contribution in [3.05, 3.63) is 52.8 Å². The Hall–Kier alpha value is -3.46. The Labute approximate surface area is 235 Å². The topological polar surface area (TPSA) is 97.0 Å². The van der Waals surface area contributed by atoms with Crippen molar-refractivity contribution in [2.24, 2.45) is 5.41 Å². The SMILES string of the molecule is Cc1c(F)cc(C(=O)NC2CC2)cc1-c1ccc(C(=O)NCC(C)(C)C)cc1OCCCC(=O)N1CCOCC1. The van der Waals surface area contributed by atoms with Gasteiger partial charge >= 0.3 is 0 Å². The fraction of sp³-hybridized carbons (Fsp3) is 0.516. The largest absolute Gasteiger partial charge is 0.493 e. The van der Waals surface area contributed by atoms with Crippen molar-refractivity contribution in [3.8, 4) is 16.9 Å². The van der Waals surface area contributed by atoms with Crippen molar-refractivity contribution in [1.29, 1.82) is 0 Å². The Morgan fingerprint density at radius 2 is 1.75 bits per heavy atom. The van der Waals surface area contributed by atoms with Gasteiger partial charge in [0.2, 0.25) is 5.91 Å². The van der Waals surface area contributed by atoms with Gasteiger partial charge < -0.3 is 25.0 Å². The summed E-state index contributed by atoms with van der Waals surface area (Å²) in [5, 5.41) is 5.85. The minimum atomic E-state index is -0.493. The van der Waals surface area contributed by atoms with E-state index in [0.717, 1.165) is 12.8 Å². The molecule has 8 nitrogen and oxygen atoms in total. The summed E-state index contributed by atoms with van der Waals surface area (Å²) in [6, 6.07) is 8.11. The summed E-state index contributed by atoms with van der Waals surface area (Å²) in [6.45, 7) is 10.8. The number of nitrogens with zero attached hydrogens (tertiary/aromatic N) is 1. The smallest absolute Gasteiger partial charge is 0.251 e. The van der Waals surface area contributed by atoms with Crippen molar-refractivity contribution in [2.45, 2.75) is 59.4 Å². The molecule has 0 atom stereocenters. The van der Waals surface area contributed by atoms with Gasteiger partial charge in [0.25, 0.3) is 11.8 Å². The second kappa shape index (κ2) is 12.8. The highest BCUT2D eigenvalue weighted by molar-refractivity contribution is 5.98. The van der Waals surface area contributed by atoms with Crippen LogP contribution in [0, 0.1) is 18.2 Å². The molecule has 1 saturated carbocycles. The summed E-state index contributed by atoms with van der Waals surface area (Å²) < 4.78 is 26.5. The normalized spacial score (nSPS) is 15.5. The second-order valence-corrected chi connectivity index (χ2v) is 11.8. The number of halogens is 1. The predicted octanol–water partition coefficient (Wildman–Crippen LogP) is 4.49. The van der Waals surface area contributed by atoms with Gasteiger partial charge in [-0.15, -0.1) is 0 Å². The number of rotatable bonds is 10. The van der Waals surface area contributed by atoms with Crippen LogP contribution >= 0.6 is 0 Å². The minimum Gasteiger partial charge on any atom is -0.493 e. The standard InChI is InChI=1S/C31H40FN3O5/c1-20-25(16-22(17-26(20)32)30(38)34-23-8-9-23)24-10-7-21(29(37)33-19-31(2,3)4)18-27(24)40-13-5-6-28(36)35-11-14-39-15-12-35/h7,10,16-18,23H,5-6,8-9,11-15,19H2,1-4H3,(H,33,37)(H,34,38). The lowest BCUT2D eigenvalue weighted by molar-refractivity contribution is -0.135. The average molecular weight is 554 g/mol. The van der Waals surface area contributed by atoms with Crippen molar-refractivity contribution in [1.82, 2.24) is 15.5 Å². The van der Waals surface area contributed by atoms with E-state index >= 15 is 4.39 Å². The third kappa shape index (κ3) is 8.03. The van der Waals surface area contributed by atoms with E-state index < -0.39 is 5.82 Å². The Morgan fingerprint density at radius 3 is 2.42 bits per heavy atom. The second-order valence-electron chi connectivity index (χ2n) is 11.8. The van der Waals surface area contributed by atoms with Gasteiger partial charge in [-0.25, -0.2) is 4.39 Å². The zero-order chi connectivity index (χ0) is 28.9. The van der Waals surface area contributed by atoms with Crippen LogP contribution in [0.3, 0.4) is 0 Å². The van der Waals surface area contributed by atoms with Gasteiger partial charge in [-0.2, -0.15) is 0 Å². The summed E-state index contributed by atoms with van der Waals surface area (Å²) in [4.78, 5) is 40.0. The van der Waals surface area contributed by atoms with Crippen LogP contribution in [0.2, 0.25) is 0 Å². The van der Waals surface area contributed by atoms with Gasteiger partial charge in [0.05, 0.1) is 19.8 Å². The van der Waals surface area contributed by atoms with Gasteiger partial charge in [0, 0.05) is 48.8 Å². The van der Waals surface area contributed by atoms with Gasteiger partial charge in [-0.1, -0.05) is 20.8 Å². The number of ether oxygens (including phenoxy) is 2. The Morgan fingerprint density at radius 1 is 1.02 bits per heavy atom. The lowest BCUT2D eigenvalue weighted by Crippen LogP contribution is -2.40. The first-order chi connectivity index (χ1) is 19.0. The first-order valence-corrected chi connectivity index (χ1v) is 14.0. The number of carbonyl (C=O) groups is 3. The maximum absolute atomic E-state index is 15.0. The molecule has 2 fully saturated rings. The summed E-state index contributed by atoms with van der Waals surface area (Å²) in [6.07, 6.45) is 2.66. The maximum atomic E-state index is 15.0. The molecule has 2 aromatic carbocycles. The molecule has 1 saturated heterocycles. The zero-order valence-corrected chi connectivity index (χ0v) is 23.9. The third-order valence-corrected chi connectivity index (χ3v) is 6.99. The third-order valence-electron chi connectivity index (χ3n) is 6.99. The molecular weight excluding hydrogens is 513 g/mol. The number of nitrogens with one attached hydrogen (secondary N) is 2. The molecule has 216 valence electrons. The molecule has 0 radical (unpaired) electrons. The highest BCUT2D eigenvalue weighted by Crippen LogP contribution is 2.35. The van der Waals surface area contributed by atoms with E-state index in [1.807, 2.05) is 20.8 Å². The summed E-state index contributed by atoms with van der Waals surface area (Å²) >= 11 is 0. The Kier molecular flexibility index (Phi) is 9.45. The van der Waals surface area contributed by atoms with Crippen molar-refractivity contribution < 1.29 is 28.2 Å². The Balaban J connectivity index is 1.57. The number of amides is 3. The number of morpholine rings is 1. The van der Waals surface area contributed by atoms with Crippen LogP contribution < -0.4 is 15.4 Å². The number of benzene rings is 2. The van der Waals surface area contributed by atoms with Crippen LogP contribution in [-0.4, -0.2) is 68.1 Å². The predicted molar refractivity (Wildman–Crippen MR) is 151 cm³/mol. The zero-order valence-electron chi connectivity index (χ0n) is 23.9. The van der Waals surface area contributed by atoms with E-state index in [0.29, 0.717) is 73.7 Å². The maximum Gasteiger partial charge on any atom is 0.251 e. The van der Waals surface area contributed by atoms with Gasteiger partial charge in [-0.3, -0.25) is 14.4 Å².